The minimum Gasteiger partial charge on any atom is -0.390 e. The lowest BCUT2D eigenvalue weighted by Gasteiger charge is -2.17. The van der Waals surface area contributed by atoms with Crippen LogP contribution in [0.1, 0.15) is 34.1 Å². The van der Waals surface area contributed by atoms with Crippen LogP contribution >= 0.6 is 0 Å². The lowest BCUT2D eigenvalue weighted by molar-refractivity contribution is 0.0817. The van der Waals surface area contributed by atoms with Gasteiger partial charge in [-0.2, -0.15) is 0 Å². The summed E-state index contributed by atoms with van der Waals surface area (Å²) >= 11 is 0. The normalized spacial score (nSPS) is 14.4. The number of halogens is 1. The van der Waals surface area contributed by atoms with Gasteiger partial charge >= 0.3 is 0 Å². The van der Waals surface area contributed by atoms with E-state index in [0.29, 0.717) is 12.0 Å². The van der Waals surface area contributed by atoms with Gasteiger partial charge in [-0.1, -0.05) is 12.7 Å². The summed E-state index contributed by atoms with van der Waals surface area (Å²) in [5, 5.41) is 9.56. The molecule has 0 fully saturated rings. The molecule has 0 bridgehead atoms. The van der Waals surface area contributed by atoms with Crippen LogP contribution in [0, 0.1) is 0 Å². The fourth-order valence-corrected chi connectivity index (χ4v) is 1.02. The highest BCUT2D eigenvalue weighted by atomic mass is 19.1. The van der Waals surface area contributed by atoms with Crippen LogP contribution in [0.4, 0.5) is 4.39 Å². The summed E-state index contributed by atoms with van der Waals surface area (Å²) in [5.41, 5.74) is 0.367. The Morgan fingerprint density at radius 2 is 2.00 bits per heavy atom. The molecule has 0 aromatic carbocycles. The van der Waals surface area contributed by atoms with Crippen molar-refractivity contribution in [2.75, 3.05) is 0 Å². The second-order valence-electron chi connectivity index (χ2n) is 4.13. The number of hydrogen-bond acceptors (Lipinski definition) is 1. The van der Waals surface area contributed by atoms with Crippen molar-refractivity contribution in [1.29, 1.82) is 0 Å². The highest BCUT2D eigenvalue weighted by Gasteiger charge is 2.14. The fraction of sp³-hybridized carbons (Fsp3) is 0.500. The van der Waals surface area contributed by atoms with Gasteiger partial charge in [-0.05, 0) is 44.9 Å². The second-order valence-corrected chi connectivity index (χ2v) is 4.13. The number of hydrogen-bond donors (Lipinski definition) is 1. The first-order chi connectivity index (χ1) is 6.26. The third-order valence-corrected chi connectivity index (χ3v) is 1.73. The van der Waals surface area contributed by atoms with Crippen molar-refractivity contribution >= 4 is 0 Å². The molecule has 0 aliphatic rings. The molecule has 0 spiro atoms. The van der Waals surface area contributed by atoms with Gasteiger partial charge in [0.1, 0.15) is 5.83 Å². The van der Waals surface area contributed by atoms with Crippen molar-refractivity contribution in [1.82, 2.24) is 0 Å². The van der Waals surface area contributed by atoms with Crippen LogP contribution in [-0.4, -0.2) is 10.7 Å². The second kappa shape index (κ2) is 5.11. The summed E-state index contributed by atoms with van der Waals surface area (Å²) in [7, 11) is 0. The first-order valence-corrected chi connectivity index (χ1v) is 4.67. The predicted molar refractivity (Wildman–Crippen MR) is 58.7 cm³/mol. The molecule has 2 heteroatoms. The van der Waals surface area contributed by atoms with E-state index in [4.69, 9.17) is 0 Å². The predicted octanol–water partition coefficient (Wildman–Crippen LogP) is 3.52. The van der Waals surface area contributed by atoms with Gasteiger partial charge in [-0.3, -0.25) is 0 Å². The summed E-state index contributed by atoms with van der Waals surface area (Å²) in [4.78, 5) is 0. The van der Waals surface area contributed by atoms with E-state index < -0.39 is 5.60 Å². The maximum atomic E-state index is 13.2. The Kier molecular flexibility index (Phi) is 4.78. The molecule has 0 amide bonds. The average molecular weight is 198 g/mol. The highest BCUT2D eigenvalue weighted by Crippen LogP contribution is 2.20. The zero-order valence-corrected chi connectivity index (χ0v) is 9.39. The van der Waals surface area contributed by atoms with E-state index in [1.165, 1.54) is 6.08 Å². The fourth-order valence-electron chi connectivity index (χ4n) is 1.02. The van der Waals surface area contributed by atoms with Gasteiger partial charge in [0, 0.05) is 6.42 Å². The summed E-state index contributed by atoms with van der Waals surface area (Å²) in [6, 6.07) is 0. The maximum Gasteiger partial charge on any atom is 0.125 e. The standard InChI is InChI=1S/C12H19FO/c1-6-10(8-12(4,5)14)7-11(13)9(2)3/h6-7,14H,2,8H2,1,3-5H3/b10-6+,11-7+. The van der Waals surface area contributed by atoms with Gasteiger partial charge in [0.2, 0.25) is 0 Å². The molecule has 1 nitrogen and oxygen atoms in total. The van der Waals surface area contributed by atoms with Crippen LogP contribution < -0.4 is 0 Å². The molecule has 0 aromatic heterocycles. The molecule has 0 rings (SSSR count). The van der Waals surface area contributed by atoms with Crippen molar-refractivity contribution in [2.24, 2.45) is 0 Å². The van der Waals surface area contributed by atoms with Gasteiger partial charge in [0.25, 0.3) is 0 Å². The van der Waals surface area contributed by atoms with Crippen LogP contribution in [0.15, 0.2) is 35.7 Å². The number of aliphatic hydroxyl groups is 1. The quantitative estimate of drug-likeness (QED) is 0.685. The van der Waals surface area contributed by atoms with Crippen molar-refractivity contribution in [3.05, 3.63) is 35.7 Å². The van der Waals surface area contributed by atoms with Crippen molar-refractivity contribution in [2.45, 2.75) is 39.7 Å². The van der Waals surface area contributed by atoms with E-state index in [-0.39, 0.29) is 5.83 Å². The SMILES string of the molecule is C=C(C)/C(F)=C\C(=C/C)CC(C)(C)O. The van der Waals surface area contributed by atoms with E-state index in [1.54, 1.807) is 26.8 Å². The minimum absolute atomic E-state index is 0.331. The summed E-state index contributed by atoms with van der Waals surface area (Å²) in [6.45, 7) is 10.3. The van der Waals surface area contributed by atoms with Gasteiger partial charge in [0.15, 0.2) is 0 Å². The molecule has 0 aliphatic carbocycles. The van der Waals surface area contributed by atoms with Crippen LogP contribution in [-0.2, 0) is 0 Å². The molecule has 1 N–H and O–H groups in total. The van der Waals surface area contributed by atoms with Crippen LogP contribution in [0.2, 0.25) is 0 Å². The summed E-state index contributed by atoms with van der Waals surface area (Å²) in [6.07, 6.45) is 3.64. The Balaban J connectivity index is 4.63. The molecule has 0 unspecified atom stereocenters. The first-order valence-electron chi connectivity index (χ1n) is 4.67. The van der Waals surface area contributed by atoms with E-state index in [0.717, 1.165) is 5.57 Å². The van der Waals surface area contributed by atoms with Crippen LogP contribution in [0.3, 0.4) is 0 Å². The molecular formula is C12H19FO. The Hall–Kier alpha value is -0.890. The van der Waals surface area contributed by atoms with Crippen molar-refractivity contribution in [3.8, 4) is 0 Å². The average Bonchev–Trinajstić information content (AvgIpc) is 2.00. The number of rotatable bonds is 4. The molecule has 0 radical (unpaired) electrons. The zero-order valence-electron chi connectivity index (χ0n) is 9.39. The third kappa shape index (κ3) is 5.70. The highest BCUT2D eigenvalue weighted by molar-refractivity contribution is 5.30. The Labute approximate surface area is 85.6 Å². The van der Waals surface area contributed by atoms with Gasteiger partial charge in [-0.25, -0.2) is 4.39 Å². The largest absolute Gasteiger partial charge is 0.390 e. The molecule has 0 saturated carbocycles. The van der Waals surface area contributed by atoms with E-state index in [2.05, 4.69) is 6.58 Å². The molecule has 0 saturated heterocycles. The van der Waals surface area contributed by atoms with Crippen molar-refractivity contribution in [3.63, 3.8) is 0 Å². The third-order valence-electron chi connectivity index (χ3n) is 1.73. The Bertz CT molecular complexity index is 267. The van der Waals surface area contributed by atoms with E-state index in [1.807, 2.05) is 6.92 Å². The Morgan fingerprint density at radius 1 is 1.50 bits per heavy atom. The van der Waals surface area contributed by atoms with E-state index in [9.17, 15) is 9.50 Å². The summed E-state index contributed by atoms with van der Waals surface area (Å²) < 4.78 is 13.2. The number of allylic oxidation sites excluding steroid dienone is 4. The topological polar surface area (TPSA) is 20.2 Å². The van der Waals surface area contributed by atoms with Crippen LogP contribution in [0.25, 0.3) is 0 Å². The molecule has 80 valence electrons. The first kappa shape index (κ1) is 13.1. The maximum absolute atomic E-state index is 13.2. The molecule has 0 atom stereocenters. The molecule has 0 aliphatic heterocycles. The molecule has 0 aromatic rings. The lowest BCUT2D eigenvalue weighted by atomic mass is 9.97. The summed E-state index contributed by atoms with van der Waals surface area (Å²) in [5.74, 6) is -0.331. The van der Waals surface area contributed by atoms with Crippen molar-refractivity contribution < 1.29 is 9.50 Å². The molecule has 0 heterocycles. The van der Waals surface area contributed by atoms with Crippen LogP contribution in [0.5, 0.6) is 0 Å². The monoisotopic (exact) mass is 198 g/mol. The zero-order chi connectivity index (χ0) is 11.4. The smallest absolute Gasteiger partial charge is 0.125 e. The van der Waals surface area contributed by atoms with Gasteiger partial charge < -0.3 is 5.11 Å². The van der Waals surface area contributed by atoms with Gasteiger partial charge in [-0.15, -0.1) is 0 Å². The van der Waals surface area contributed by atoms with E-state index >= 15 is 0 Å². The molecule has 14 heavy (non-hydrogen) atoms. The Morgan fingerprint density at radius 3 is 2.29 bits per heavy atom. The lowest BCUT2D eigenvalue weighted by Crippen LogP contribution is -2.18. The molecular weight excluding hydrogens is 179 g/mol. The van der Waals surface area contributed by atoms with Gasteiger partial charge in [0.05, 0.1) is 5.60 Å². The minimum atomic E-state index is -0.812.